The number of thioether (sulfide) groups is 1. The molecule has 0 fully saturated rings. The van der Waals surface area contributed by atoms with Gasteiger partial charge in [-0.1, -0.05) is 11.8 Å². The van der Waals surface area contributed by atoms with Gasteiger partial charge in [0.25, 0.3) is 11.4 Å². The predicted octanol–water partition coefficient (Wildman–Crippen LogP) is 2.87. The van der Waals surface area contributed by atoms with E-state index >= 15 is 0 Å². The first-order valence-corrected chi connectivity index (χ1v) is 5.29. The Kier molecular flexibility index (Phi) is 4.38. The van der Waals surface area contributed by atoms with Gasteiger partial charge in [0, 0.05) is 17.9 Å². The molecule has 0 radical (unpaired) electrons. The molecule has 0 heterocycles. The molecule has 1 aromatic rings. The quantitative estimate of drug-likeness (QED) is 0.514. The Hall–Kier alpha value is -1.70. The fourth-order valence-electron chi connectivity index (χ4n) is 1.13. The molecule has 5 nitrogen and oxygen atoms in total. The van der Waals surface area contributed by atoms with Gasteiger partial charge in [0.2, 0.25) is 5.91 Å². The first-order valence-electron chi connectivity index (χ1n) is 4.41. The summed E-state index contributed by atoms with van der Waals surface area (Å²) < 4.78 is 24.2. The van der Waals surface area contributed by atoms with Crippen LogP contribution in [0.15, 0.2) is 23.1 Å². The van der Waals surface area contributed by atoms with Crippen molar-refractivity contribution >= 4 is 29.0 Å². The van der Waals surface area contributed by atoms with E-state index in [1.54, 1.807) is 0 Å². The SMILES string of the molecule is CC(=O)Nc1ccc(SC(F)F)cc1[N+](=O)[O-]. The molecule has 8 heteroatoms. The summed E-state index contributed by atoms with van der Waals surface area (Å²) in [5, 5.41) is 13.0. The normalized spacial score (nSPS) is 10.4. The number of amides is 1. The number of hydrogen-bond donors (Lipinski definition) is 1. The Bertz CT molecular complexity index is 454. The summed E-state index contributed by atoms with van der Waals surface area (Å²) in [5.74, 6) is -3.12. The molecule has 0 aromatic heterocycles. The highest BCUT2D eigenvalue weighted by Gasteiger charge is 2.17. The zero-order chi connectivity index (χ0) is 13.0. The molecule has 1 N–H and O–H groups in total. The summed E-state index contributed by atoms with van der Waals surface area (Å²) in [6.07, 6.45) is 0. The molecule has 0 saturated heterocycles. The first kappa shape index (κ1) is 13.4. The summed E-state index contributed by atoms with van der Waals surface area (Å²) in [4.78, 5) is 20.8. The molecule has 1 aromatic carbocycles. The lowest BCUT2D eigenvalue weighted by Crippen LogP contribution is -2.08. The number of carbonyl (C=O) groups is 1. The third-order valence-corrected chi connectivity index (χ3v) is 2.41. The Labute approximate surface area is 99.3 Å². The van der Waals surface area contributed by atoms with Gasteiger partial charge in [-0.3, -0.25) is 14.9 Å². The van der Waals surface area contributed by atoms with Gasteiger partial charge in [0.1, 0.15) is 5.69 Å². The molecule has 1 amide bonds. The average molecular weight is 262 g/mol. The van der Waals surface area contributed by atoms with Gasteiger partial charge in [-0.2, -0.15) is 8.78 Å². The number of halogens is 2. The van der Waals surface area contributed by atoms with E-state index in [1.165, 1.54) is 19.1 Å². The maximum Gasteiger partial charge on any atom is 0.293 e. The summed E-state index contributed by atoms with van der Waals surface area (Å²) in [7, 11) is 0. The zero-order valence-electron chi connectivity index (χ0n) is 8.65. The lowest BCUT2D eigenvalue weighted by molar-refractivity contribution is -0.384. The number of nitro groups is 1. The molecule has 0 saturated carbocycles. The van der Waals surface area contributed by atoms with E-state index in [2.05, 4.69) is 5.32 Å². The second kappa shape index (κ2) is 5.58. The second-order valence-electron chi connectivity index (χ2n) is 3.00. The van der Waals surface area contributed by atoms with Crippen molar-refractivity contribution in [1.82, 2.24) is 0 Å². The molecule has 0 atom stereocenters. The molecular formula is C9H8F2N2O3S. The van der Waals surface area contributed by atoms with E-state index in [1.807, 2.05) is 0 Å². The highest BCUT2D eigenvalue weighted by atomic mass is 32.2. The van der Waals surface area contributed by atoms with E-state index in [4.69, 9.17) is 0 Å². The number of nitrogens with zero attached hydrogens (tertiary/aromatic N) is 1. The lowest BCUT2D eigenvalue weighted by Gasteiger charge is -2.05. The van der Waals surface area contributed by atoms with Crippen molar-refractivity contribution in [3.8, 4) is 0 Å². The number of benzene rings is 1. The Balaban J connectivity index is 3.08. The molecule has 1 rings (SSSR count). The second-order valence-corrected chi connectivity index (χ2v) is 4.06. The van der Waals surface area contributed by atoms with Crippen molar-refractivity contribution < 1.29 is 18.5 Å². The standard InChI is InChI=1S/C9H8F2N2O3S/c1-5(14)12-7-3-2-6(17-9(10)11)4-8(7)13(15)16/h2-4,9H,1H3,(H,12,14). The number of alkyl halides is 2. The Morgan fingerprint density at radius 2 is 2.18 bits per heavy atom. The van der Waals surface area contributed by atoms with Crippen LogP contribution in [0.25, 0.3) is 0 Å². The van der Waals surface area contributed by atoms with Crippen molar-refractivity contribution in [1.29, 1.82) is 0 Å². The van der Waals surface area contributed by atoms with Gasteiger partial charge >= 0.3 is 0 Å². The molecule has 0 bridgehead atoms. The van der Waals surface area contributed by atoms with E-state index in [0.717, 1.165) is 6.07 Å². The topological polar surface area (TPSA) is 72.2 Å². The number of carbonyl (C=O) groups excluding carboxylic acids is 1. The maximum atomic E-state index is 12.1. The van der Waals surface area contributed by atoms with Gasteiger partial charge in [0.05, 0.1) is 4.92 Å². The minimum atomic E-state index is -2.65. The van der Waals surface area contributed by atoms with Crippen LogP contribution in [0.2, 0.25) is 0 Å². The smallest absolute Gasteiger partial charge is 0.293 e. The Morgan fingerprint density at radius 1 is 1.53 bits per heavy atom. The first-order chi connectivity index (χ1) is 7.90. The number of nitrogens with one attached hydrogen (secondary N) is 1. The average Bonchev–Trinajstić information content (AvgIpc) is 2.18. The lowest BCUT2D eigenvalue weighted by atomic mass is 10.2. The van der Waals surface area contributed by atoms with Gasteiger partial charge in [0.15, 0.2) is 0 Å². The maximum absolute atomic E-state index is 12.1. The van der Waals surface area contributed by atoms with E-state index in [0.29, 0.717) is 0 Å². The van der Waals surface area contributed by atoms with E-state index < -0.39 is 22.3 Å². The molecule has 92 valence electrons. The minimum absolute atomic E-state index is 0.0129. The van der Waals surface area contributed by atoms with Crippen LogP contribution in [0.1, 0.15) is 6.92 Å². The van der Waals surface area contributed by atoms with Gasteiger partial charge in [-0.25, -0.2) is 0 Å². The Morgan fingerprint density at radius 3 is 2.65 bits per heavy atom. The summed E-state index contributed by atoms with van der Waals surface area (Å²) in [5.41, 5.74) is -0.424. The fraction of sp³-hybridized carbons (Fsp3) is 0.222. The highest BCUT2D eigenvalue weighted by Crippen LogP contribution is 2.32. The van der Waals surface area contributed by atoms with Crippen molar-refractivity contribution in [2.75, 3.05) is 5.32 Å². The molecular weight excluding hydrogens is 254 g/mol. The molecule has 0 aliphatic carbocycles. The van der Waals surface area contributed by atoms with Crippen LogP contribution in [0.3, 0.4) is 0 Å². The minimum Gasteiger partial charge on any atom is -0.321 e. The van der Waals surface area contributed by atoms with Crippen molar-refractivity contribution in [2.45, 2.75) is 17.6 Å². The predicted molar refractivity (Wildman–Crippen MR) is 59.3 cm³/mol. The monoisotopic (exact) mass is 262 g/mol. The largest absolute Gasteiger partial charge is 0.321 e. The number of anilines is 1. The van der Waals surface area contributed by atoms with Crippen LogP contribution in [0, 0.1) is 10.1 Å². The van der Waals surface area contributed by atoms with Gasteiger partial charge < -0.3 is 5.32 Å². The van der Waals surface area contributed by atoms with E-state index in [-0.39, 0.29) is 22.3 Å². The van der Waals surface area contributed by atoms with Crippen molar-refractivity contribution in [2.24, 2.45) is 0 Å². The van der Waals surface area contributed by atoms with Gasteiger partial charge in [-0.15, -0.1) is 0 Å². The van der Waals surface area contributed by atoms with E-state index in [9.17, 15) is 23.7 Å². The zero-order valence-corrected chi connectivity index (χ0v) is 9.46. The van der Waals surface area contributed by atoms with Crippen molar-refractivity contribution in [3.05, 3.63) is 28.3 Å². The molecule has 17 heavy (non-hydrogen) atoms. The van der Waals surface area contributed by atoms with Crippen molar-refractivity contribution in [3.63, 3.8) is 0 Å². The van der Waals surface area contributed by atoms with Crippen LogP contribution >= 0.6 is 11.8 Å². The number of nitro benzene ring substituents is 1. The number of rotatable bonds is 4. The highest BCUT2D eigenvalue weighted by molar-refractivity contribution is 7.99. The van der Waals surface area contributed by atoms with Crippen LogP contribution in [-0.4, -0.2) is 16.6 Å². The van der Waals surface area contributed by atoms with Crippen LogP contribution in [-0.2, 0) is 4.79 Å². The summed E-state index contributed by atoms with van der Waals surface area (Å²) >= 11 is 0.207. The van der Waals surface area contributed by atoms with Crippen LogP contribution in [0.5, 0.6) is 0 Å². The van der Waals surface area contributed by atoms with Crippen LogP contribution < -0.4 is 5.32 Å². The third kappa shape index (κ3) is 3.99. The third-order valence-electron chi connectivity index (χ3n) is 1.70. The number of hydrogen-bond acceptors (Lipinski definition) is 4. The molecule has 0 unspecified atom stereocenters. The summed E-state index contributed by atoms with van der Waals surface area (Å²) in [6.45, 7) is 1.20. The molecule has 0 spiro atoms. The molecule has 0 aliphatic rings. The van der Waals surface area contributed by atoms with Crippen LogP contribution in [0.4, 0.5) is 20.2 Å². The molecule has 0 aliphatic heterocycles. The fourth-order valence-corrected chi connectivity index (χ4v) is 1.67. The van der Waals surface area contributed by atoms with Gasteiger partial charge in [-0.05, 0) is 12.1 Å². The summed E-state index contributed by atoms with van der Waals surface area (Å²) in [6, 6.07) is 3.52.